The first-order chi connectivity index (χ1) is 40.0. The molecule has 0 fully saturated rings. The van der Waals surface area contributed by atoms with E-state index in [1.165, 1.54) is 135 Å². The Morgan fingerprint density at radius 2 is 0.481 bits per heavy atom. The standard InChI is InChI=1S/C75H126O6/c1-4-7-10-13-16-19-22-25-27-28-29-30-31-32-33-34-35-36-37-38-39-40-41-42-43-44-45-46-48-50-53-56-59-62-65-68-74(77)80-71-72(70-79-73(76)67-64-61-58-55-52-49-24-21-18-15-12-9-6-3)81-75(78)69-66-63-60-57-54-51-47-26-23-20-17-14-11-8-5-2/h7-8,10-12,15-17,19-21,24-27,29-30,47,54,57,72H,4-6,9,13-14,18,22-23,28,31-46,48-53,55-56,58-71H2,1-3H3/b10-7-,11-8-,15-12-,19-16-,20-17-,24-21-,27-25-,30-29-,47-26-,57-54-. The fraction of sp³-hybridized carbons (Fsp3) is 0.693. The Labute approximate surface area is 501 Å². The normalized spacial score (nSPS) is 12.9. The van der Waals surface area contributed by atoms with Gasteiger partial charge in [0.1, 0.15) is 13.2 Å². The summed E-state index contributed by atoms with van der Waals surface area (Å²) in [5, 5.41) is 0. The summed E-state index contributed by atoms with van der Waals surface area (Å²) in [6.07, 6.45) is 95.3. The molecule has 0 saturated heterocycles. The average Bonchev–Trinajstić information content (AvgIpc) is 3.46. The van der Waals surface area contributed by atoms with Crippen LogP contribution in [0.15, 0.2) is 122 Å². The molecule has 0 amide bonds. The number of ether oxygens (including phenoxy) is 3. The minimum atomic E-state index is -0.806. The maximum atomic E-state index is 12.9. The zero-order valence-electron chi connectivity index (χ0n) is 53.0. The lowest BCUT2D eigenvalue weighted by atomic mass is 10.0. The number of hydrogen-bond donors (Lipinski definition) is 0. The first-order valence-corrected chi connectivity index (χ1v) is 34.0. The smallest absolute Gasteiger partial charge is 0.306 e. The third-order valence-corrected chi connectivity index (χ3v) is 14.4. The summed E-state index contributed by atoms with van der Waals surface area (Å²) in [4.78, 5) is 38.3. The monoisotopic (exact) mass is 1120 g/mol. The molecule has 1 unspecified atom stereocenters. The van der Waals surface area contributed by atoms with Crippen LogP contribution in [0.1, 0.15) is 316 Å². The van der Waals surface area contributed by atoms with Crippen molar-refractivity contribution in [1.29, 1.82) is 0 Å². The van der Waals surface area contributed by atoms with Crippen molar-refractivity contribution in [1.82, 2.24) is 0 Å². The summed E-state index contributed by atoms with van der Waals surface area (Å²) < 4.78 is 16.9. The van der Waals surface area contributed by atoms with Gasteiger partial charge in [0.05, 0.1) is 0 Å². The van der Waals surface area contributed by atoms with Crippen LogP contribution in [0.5, 0.6) is 0 Å². The molecule has 0 aliphatic heterocycles. The average molecular weight is 1120 g/mol. The van der Waals surface area contributed by atoms with Crippen molar-refractivity contribution in [2.45, 2.75) is 322 Å². The van der Waals surface area contributed by atoms with Gasteiger partial charge in [0.25, 0.3) is 0 Å². The van der Waals surface area contributed by atoms with Crippen molar-refractivity contribution in [2.24, 2.45) is 0 Å². The Morgan fingerprint density at radius 3 is 0.778 bits per heavy atom. The molecule has 0 aromatic carbocycles. The van der Waals surface area contributed by atoms with Crippen LogP contribution < -0.4 is 0 Å². The van der Waals surface area contributed by atoms with E-state index in [9.17, 15) is 14.4 Å². The maximum Gasteiger partial charge on any atom is 0.306 e. The van der Waals surface area contributed by atoms with Gasteiger partial charge >= 0.3 is 17.9 Å². The minimum absolute atomic E-state index is 0.0981. The highest BCUT2D eigenvalue weighted by Gasteiger charge is 2.19. The van der Waals surface area contributed by atoms with E-state index >= 15 is 0 Å². The van der Waals surface area contributed by atoms with Crippen molar-refractivity contribution in [3.05, 3.63) is 122 Å². The summed E-state index contributed by atoms with van der Waals surface area (Å²) >= 11 is 0. The first-order valence-electron chi connectivity index (χ1n) is 34.0. The minimum Gasteiger partial charge on any atom is -0.462 e. The molecule has 0 N–H and O–H groups in total. The quantitative estimate of drug-likeness (QED) is 0.0261. The van der Waals surface area contributed by atoms with Crippen molar-refractivity contribution in [2.75, 3.05) is 13.2 Å². The first kappa shape index (κ1) is 76.8. The van der Waals surface area contributed by atoms with Crippen molar-refractivity contribution in [3.8, 4) is 0 Å². The van der Waals surface area contributed by atoms with Gasteiger partial charge in [0.15, 0.2) is 6.10 Å². The van der Waals surface area contributed by atoms with E-state index in [0.717, 1.165) is 135 Å². The Balaban J connectivity index is 4.13. The summed E-state index contributed by atoms with van der Waals surface area (Å²) in [5.74, 6) is -0.947. The van der Waals surface area contributed by atoms with Crippen LogP contribution in [0.25, 0.3) is 0 Å². The van der Waals surface area contributed by atoms with Gasteiger partial charge in [0, 0.05) is 19.3 Å². The van der Waals surface area contributed by atoms with E-state index in [1.54, 1.807) is 0 Å². The van der Waals surface area contributed by atoms with E-state index < -0.39 is 6.10 Å². The molecule has 0 bridgehead atoms. The third-order valence-electron chi connectivity index (χ3n) is 14.4. The number of hydrogen-bond acceptors (Lipinski definition) is 6. The van der Waals surface area contributed by atoms with Crippen molar-refractivity contribution >= 4 is 17.9 Å². The molecule has 81 heavy (non-hydrogen) atoms. The third kappa shape index (κ3) is 66.5. The lowest BCUT2D eigenvalue weighted by Crippen LogP contribution is -2.30. The van der Waals surface area contributed by atoms with Gasteiger partial charge in [-0.05, 0) is 122 Å². The Bertz CT molecular complexity index is 1670. The van der Waals surface area contributed by atoms with Crippen LogP contribution in [0, 0.1) is 0 Å². The predicted molar refractivity (Wildman–Crippen MR) is 353 cm³/mol. The number of esters is 3. The second-order valence-corrected chi connectivity index (χ2v) is 22.3. The molecule has 0 aliphatic carbocycles. The number of unbranched alkanes of at least 4 members (excludes halogenated alkanes) is 30. The number of allylic oxidation sites excluding steroid dienone is 20. The predicted octanol–water partition coefficient (Wildman–Crippen LogP) is 23.6. The van der Waals surface area contributed by atoms with Gasteiger partial charge in [-0.3, -0.25) is 14.4 Å². The molecule has 6 heteroatoms. The fourth-order valence-electron chi connectivity index (χ4n) is 9.41. The number of rotatable bonds is 61. The molecule has 1 atom stereocenters. The summed E-state index contributed by atoms with van der Waals surface area (Å²) in [7, 11) is 0. The van der Waals surface area contributed by atoms with Crippen LogP contribution in [-0.4, -0.2) is 37.2 Å². The van der Waals surface area contributed by atoms with E-state index in [-0.39, 0.29) is 37.5 Å². The van der Waals surface area contributed by atoms with Crippen LogP contribution in [0.4, 0.5) is 0 Å². The summed E-state index contributed by atoms with van der Waals surface area (Å²) in [6, 6.07) is 0. The van der Waals surface area contributed by atoms with Crippen LogP contribution in [-0.2, 0) is 28.6 Å². The number of carbonyl (C=O) groups is 3. The molecule has 462 valence electrons. The van der Waals surface area contributed by atoms with E-state index in [0.29, 0.717) is 19.3 Å². The Morgan fingerprint density at radius 1 is 0.259 bits per heavy atom. The van der Waals surface area contributed by atoms with Gasteiger partial charge in [-0.2, -0.15) is 0 Å². The van der Waals surface area contributed by atoms with Gasteiger partial charge in [-0.25, -0.2) is 0 Å². The van der Waals surface area contributed by atoms with Gasteiger partial charge < -0.3 is 14.2 Å². The molecule has 0 heterocycles. The highest BCUT2D eigenvalue weighted by molar-refractivity contribution is 5.71. The molecule has 0 aromatic heterocycles. The van der Waals surface area contributed by atoms with Gasteiger partial charge in [-0.1, -0.05) is 296 Å². The van der Waals surface area contributed by atoms with E-state index in [2.05, 4.69) is 142 Å². The summed E-state index contributed by atoms with van der Waals surface area (Å²) in [5.41, 5.74) is 0. The van der Waals surface area contributed by atoms with Crippen LogP contribution in [0.3, 0.4) is 0 Å². The van der Waals surface area contributed by atoms with Gasteiger partial charge in [0.2, 0.25) is 0 Å². The molecule has 0 aromatic rings. The lowest BCUT2D eigenvalue weighted by Gasteiger charge is -2.18. The Hall–Kier alpha value is -4.19. The molecule has 0 rings (SSSR count). The van der Waals surface area contributed by atoms with Crippen molar-refractivity contribution < 1.29 is 28.6 Å². The largest absolute Gasteiger partial charge is 0.462 e. The zero-order valence-corrected chi connectivity index (χ0v) is 53.0. The molecular formula is C75H126O6. The fourth-order valence-corrected chi connectivity index (χ4v) is 9.41. The molecule has 0 spiro atoms. The lowest BCUT2D eigenvalue weighted by molar-refractivity contribution is -0.167. The van der Waals surface area contributed by atoms with Gasteiger partial charge in [-0.15, -0.1) is 0 Å². The summed E-state index contributed by atoms with van der Waals surface area (Å²) in [6.45, 7) is 6.32. The highest BCUT2D eigenvalue weighted by atomic mass is 16.6. The van der Waals surface area contributed by atoms with Crippen molar-refractivity contribution in [3.63, 3.8) is 0 Å². The maximum absolute atomic E-state index is 12.9. The zero-order chi connectivity index (χ0) is 58.5. The molecular weight excluding hydrogens is 997 g/mol. The SMILES string of the molecule is CC/C=C\C/C=C\C/C=C\C/C=C\CCCCCCCCCCCCCCCCCCCCCCCCC(=O)OCC(COC(=O)CCCCCCC/C=C\C/C=C\CCC)OC(=O)CCCC/C=C\C/C=C\C/C=C\C/C=C\CC. The van der Waals surface area contributed by atoms with E-state index in [1.807, 2.05) is 0 Å². The molecule has 0 aliphatic rings. The number of carbonyl (C=O) groups excluding carboxylic acids is 3. The highest BCUT2D eigenvalue weighted by Crippen LogP contribution is 2.17. The second kappa shape index (κ2) is 68.3. The van der Waals surface area contributed by atoms with Crippen LogP contribution >= 0.6 is 0 Å². The van der Waals surface area contributed by atoms with E-state index in [4.69, 9.17) is 14.2 Å². The van der Waals surface area contributed by atoms with Crippen LogP contribution in [0.2, 0.25) is 0 Å². The second-order valence-electron chi connectivity index (χ2n) is 22.3. The topological polar surface area (TPSA) is 78.9 Å². The molecule has 6 nitrogen and oxygen atoms in total. The molecule has 0 radical (unpaired) electrons. The molecule has 0 saturated carbocycles. The Kier molecular flexibility index (Phi) is 64.8.